The number of carboxylic acids is 1. The number of carbonyl (C=O) groups is 3. The quantitative estimate of drug-likeness (QED) is 0.761. The molecular formula is C13H14BrN3O4. The van der Waals surface area contributed by atoms with Crippen molar-refractivity contribution in [1.29, 1.82) is 0 Å². The summed E-state index contributed by atoms with van der Waals surface area (Å²) >= 11 is 3.25. The van der Waals surface area contributed by atoms with E-state index in [1.54, 1.807) is 6.07 Å². The Balaban J connectivity index is 2.08. The summed E-state index contributed by atoms with van der Waals surface area (Å²) in [5, 5.41) is 11.6. The minimum Gasteiger partial charge on any atom is -0.478 e. The molecule has 2 rings (SSSR count). The second-order valence-corrected chi connectivity index (χ2v) is 5.62. The fraction of sp³-hybridized carbons (Fsp3) is 0.308. The molecule has 21 heavy (non-hydrogen) atoms. The summed E-state index contributed by atoms with van der Waals surface area (Å²) in [4.78, 5) is 35.6. The third kappa shape index (κ3) is 3.52. The van der Waals surface area contributed by atoms with E-state index >= 15 is 0 Å². The van der Waals surface area contributed by atoms with E-state index in [4.69, 9.17) is 10.8 Å². The van der Waals surface area contributed by atoms with Crippen molar-refractivity contribution >= 4 is 39.5 Å². The summed E-state index contributed by atoms with van der Waals surface area (Å²) < 4.78 is 0.575. The molecule has 0 bridgehead atoms. The number of urea groups is 1. The van der Waals surface area contributed by atoms with Crippen molar-refractivity contribution in [2.45, 2.75) is 6.42 Å². The van der Waals surface area contributed by atoms with Gasteiger partial charge in [0, 0.05) is 17.6 Å². The maximum absolute atomic E-state index is 12.1. The van der Waals surface area contributed by atoms with Crippen molar-refractivity contribution in [3.05, 3.63) is 28.2 Å². The monoisotopic (exact) mass is 355 g/mol. The highest BCUT2D eigenvalue weighted by atomic mass is 79.9. The van der Waals surface area contributed by atoms with Crippen LogP contribution in [0, 0.1) is 5.92 Å². The lowest BCUT2D eigenvalue weighted by Gasteiger charge is -2.17. The van der Waals surface area contributed by atoms with Gasteiger partial charge in [-0.15, -0.1) is 0 Å². The third-order valence-electron chi connectivity index (χ3n) is 3.33. The van der Waals surface area contributed by atoms with Crippen molar-refractivity contribution in [1.82, 2.24) is 4.90 Å². The predicted molar refractivity (Wildman–Crippen MR) is 79.0 cm³/mol. The minimum absolute atomic E-state index is 0.0740. The molecule has 0 saturated carbocycles. The van der Waals surface area contributed by atoms with Gasteiger partial charge >= 0.3 is 12.0 Å². The van der Waals surface area contributed by atoms with Crippen molar-refractivity contribution in [2.24, 2.45) is 11.7 Å². The number of nitrogens with one attached hydrogen (secondary N) is 1. The van der Waals surface area contributed by atoms with Crippen LogP contribution in [0.4, 0.5) is 10.5 Å². The zero-order chi connectivity index (χ0) is 15.6. The van der Waals surface area contributed by atoms with Crippen molar-refractivity contribution in [3.8, 4) is 0 Å². The fourth-order valence-corrected chi connectivity index (χ4v) is 2.47. The van der Waals surface area contributed by atoms with E-state index in [-0.39, 0.29) is 24.1 Å². The van der Waals surface area contributed by atoms with Gasteiger partial charge in [-0.3, -0.25) is 4.79 Å². The number of rotatable bonds is 3. The Hall–Kier alpha value is -2.09. The van der Waals surface area contributed by atoms with E-state index in [1.807, 2.05) is 0 Å². The van der Waals surface area contributed by atoms with Crippen LogP contribution >= 0.6 is 15.9 Å². The molecule has 0 aliphatic carbocycles. The highest BCUT2D eigenvalue weighted by molar-refractivity contribution is 9.10. The largest absolute Gasteiger partial charge is 0.478 e. The van der Waals surface area contributed by atoms with Crippen LogP contribution in [-0.4, -0.2) is 41.0 Å². The van der Waals surface area contributed by atoms with Gasteiger partial charge in [0.15, 0.2) is 0 Å². The molecule has 112 valence electrons. The van der Waals surface area contributed by atoms with E-state index in [2.05, 4.69) is 21.2 Å². The van der Waals surface area contributed by atoms with E-state index in [0.717, 1.165) is 0 Å². The Kier molecular flexibility index (Phi) is 4.46. The molecule has 1 aromatic carbocycles. The van der Waals surface area contributed by atoms with E-state index < -0.39 is 11.9 Å². The van der Waals surface area contributed by atoms with Crippen LogP contribution in [0.15, 0.2) is 22.7 Å². The van der Waals surface area contributed by atoms with Crippen LogP contribution in [0.5, 0.6) is 0 Å². The lowest BCUT2D eigenvalue weighted by atomic mass is 10.1. The molecule has 0 spiro atoms. The standard InChI is InChI=1S/C13H14BrN3O4/c14-9-2-1-7(12(19)20)5-10(9)16-13(21)17-4-3-8(6-17)11(15)18/h1-2,5,8H,3-4,6H2,(H2,15,18)(H,16,21)(H,19,20). The number of amides is 3. The molecule has 1 unspecified atom stereocenters. The number of carbonyl (C=O) groups excluding carboxylic acids is 2. The second-order valence-electron chi connectivity index (χ2n) is 4.76. The first-order chi connectivity index (χ1) is 9.88. The van der Waals surface area contributed by atoms with Crippen molar-refractivity contribution in [3.63, 3.8) is 0 Å². The summed E-state index contributed by atoms with van der Waals surface area (Å²) in [6, 6.07) is 3.96. The Morgan fingerprint density at radius 2 is 2.10 bits per heavy atom. The van der Waals surface area contributed by atoms with Gasteiger partial charge in [0.1, 0.15) is 0 Å². The Labute approximate surface area is 129 Å². The average Bonchev–Trinajstić information content (AvgIpc) is 2.90. The van der Waals surface area contributed by atoms with Gasteiger partial charge < -0.3 is 21.1 Å². The van der Waals surface area contributed by atoms with Gasteiger partial charge in [-0.1, -0.05) is 0 Å². The SMILES string of the molecule is NC(=O)C1CCN(C(=O)Nc2cc(C(=O)O)ccc2Br)C1. The number of hydrogen-bond acceptors (Lipinski definition) is 3. The highest BCUT2D eigenvalue weighted by Gasteiger charge is 2.29. The van der Waals surface area contributed by atoms with E-state index in [1.165, 1.54) is 17.0 Å². The topological polar surface area (TPSA) is 113 Å². The van der Waals surface area contributed by atoms with Crippen LogP contribution in [0.3, 0.4) is 0 Å². The maximum Gasteiger partial charge on any atom is 0.335 e. The first kappa shape index (κ1) is 15.3. The number of benzene rings is 1. The molecule has 0 radical (unpaired) electrons. The molecule has 7 nitrogen and oxygen atoms in total. The molecule has 1 aromatic rings. The normalized spacial score (nSPS) is 17.6. The summed E-state index contributed by atoms with van der Waals surface area (Å²) in [7, 11) is 0. The van der Waals surface area contributed by atoms with Crippen LogP contribution in [0.2, 0.25) is 0 Å². The number of carboxylic acid groups (broad SMARTS) is 1. The molecule has 1 atom stereocenters. The summed E-state index contributed by atoms with van der Waals surface area (Å²) in [6.45, 7) is 0.715. The van der Waals surface area contributed by atoms with Crippen LogP contribution in [-0.2, 0) is 4.79 Å². The average molecular weight is 356 g/mol. The Bertz CT molecular complexity index is 605. The number of hydrogen-bond donors (Lipinski definition) is 3. The molecule has 1 aliphatic rings. The maximum atomic E-state index is 12.1. The lowest BCUT2D eigenvalue weighted by Crippen LogP contribution is -2.35. The van der Waals surface area contributed by atoms with Gasteiger partial charge in [0.25, 0.3) is 0 Å². The van der Waals surface area contributed by atoms with E-state index in [9.17, 15) is 14.4 Å². The number of aromatic carboxylic acids is 1. The zero-order valence-corrected chi connectivity index (χ0v) is 12.6. The van der Waals surface area contributed by atoms with Crippen molar-refractivity contribution in [2.75, 3.05) is 18.4 Å². The Morgan fingerprint density at radius 1 is 1.38 bits per heavy atom. The van der Waals surface area contributed by atoms with Gasteiger partial charge in [0.05, 0.1) is 17.2 Å². The molecule has 0 aromatic heterocycles. The number of halogens is 1. The van der Waals surface area contributed by atoms with Crippen LogP contribution < -0.4 is 11.1 Å². The first-order valence-electron chi connectivity index (χ1n) is 6.26. The number of primary amides is 1. The lowest BCUT2D eigenvalue weighted by molar-refractivity contribution is -0.121. The molecule has 1 saturated heterocycles. The number of anilines is 1. The number of likely N-dealkylation sites (tertiary alicyclic amines) is 1. The molecular weight excluding hydrogens is 342 g/mol. The second kappa shape index (κ2) is 6.13. The number of nitrogens with two attached hydrogens (primary N) is 1. The predicted octanol–water partition coefficient (Wildman–Crippen LogP) is 1.49. The minimum atomic E-state index is -1.08. The smallest absolute Gasteiger partial charge is 0.335 e. The molecule has 3 amide bonds. The van der Waals surface area contributed by atoms with Gasteiger partial charge in [-0.05, 0) is 40.5 Å². The summed E-state index contributed by atoms with van der Waals surface area (Å²) in [5.41, 5.74) is 5.66. The van der Waals surface area contributed by atoms with Gasteiger partial charge in [-0.2, -0.15) is 0 Å². The van der Waals surface area contributed by atoms with Gasteiger partial charge in [-0.25, -0.2) is 9.59 Å². The fourth-order valence-electron chi connectivity index (χ4n) is 2.13. The van der Waals surface area contributed by atoms with Gasteiger partial charge in [0.2, 0.25) is 5.91 Å². The zero-order valence-electron chi connectivity index (χ0n) is 11.0. The van der Waals surface area contributed by atoms with Crippen LogP contribution in [0.25, 0.3) is 0 Å². The molecule has 8 heteroatoms. The van der Waals surface area contributed by atoms with Crippen LogP contribution in [0.1, 0.15) is 16.8 Å². The molecule has 1 aliphatic heterocycles. The highest BCUT2D eigenvalue weighted by Crippen LogP contribution is 2.25. The molecule has 4 N–H and O–H groups in total. The summed E-state index contributed by atoms with van der Waals surface area (Å²) in [5.74, 6) is -1.82. The molecule has 1 heterocycles. The van der Waals surface area contributed by atoms with Crippen molar-refractivity contribution < 1.29 is 19.5 Å². The van der Waals surface area contributed by atoms with E-state index in [0.29, 0.717) is 23.1 Å². The first-order valence-corrected chi connectivity index (χ1v) is 7.06. The number of nitrogens with zero attached hydrogens (tertiary/aromatic N) is 1. The summed E-state index contributed by atoms with van der Waals surface area (Å²) in [6.07, 6.45) is 0.541. The Morgan fingerprint density at radius 3 is 2.67 bits per heavy atom. The third-order valence-corrected chi connectivity index (χ3v) is 4.02. The molecule has 1 fully saturated rings.